The first-order chi connectivity index (χ1) is 8.65. The maximum Gasteiger partial charge on any atom is 0.156 e. The Morgan fingerprint density at radius 2 is 2.33 bits per heavy atom. The van der Waals surface area contributed by atoms with E-state index in [2.05, 4.69) is 24.2 Å². The number of hydrogen-bond acceptors (Lipinski definition) is 3. The number of thioether (sulfide) groups is 1. The van der Waals surface area contributed by atoms with Gasteiger partial charge in [0.25, 0.3) is 0 Å². The first-order valence-electron chi connectivity index (χ1n) is 6.34. The van der Waals surface area contributed by atoms with Gasteiger partial charge in [0.15, 0.2) is 5.17 Å². The molecular formula is C14H19FN2S. The normalized spacial score (nSPS) is 19.1. The summed E-state index contributed by atoms with van der Waals surface area (Å²) in [5, 5.41) is 4.96. The smallest absolute Gasteiger partial charge is 0.156 e. The van der Waals surface area contributed by atoms with Crippen LogP contribution in [0.5, 0.6) is 0 Å². The molecule has 0 amide bonds. The average molecular weight is 266 g/mol. The van der Waals surface area contributed by atoms with Crippen LogP contribution in [0.25, 0.3) is 0 Å². The van der Waals surface area contributed by atoms with Crippen molar-refractivity contribution in [2.75, 3.05) is 13.1 Å². The molecule has 1 unspecified atom stereocenters. The van der Waals surface area contributed by atoms with Gasteiger partial charge in [-0.1, -0.05) is 37.7 Å². The van der Waals surface area contributed by atoms with Gasteiger partial charge in [-0.3, -0.25) is 4.99 Å². The summed E-state index contributed by atoms with van der Waals surface area (Å²) in [5.74, 6) is 0.487. The third-order valence-corrected chi connectivity index (χ3v) is 4.49. The Labute approximate surface area is 112 Å². The predicted molar refractivity (Wildman–Crippen MR) is 76.6 cm³/mol. The minimum absolute atomic E-state index is 0.167. The Balaban J connectivity index is 1.74. The van der Waals surface area contributed by atoms with E-state index >= 15 is 0 Å². The van der Waals surface area contributed by atoms with Gasteiger partial charge in [-0.05, 0) is 30.0 Å². The quantitative estimate of drug-likeness (QED) is 0.905. The summed E-state index contributed by atoms with van der Waals surface area (Å²) >= 11 is 1.82. The molecule has 0 spiro atoms. The Morgan fingerprint density at radius 1 is 1.50 bits per heavy atom. The van der Waals surface area contributed by atoms with E-state index in [0.717, 1.165) is 30.2 Å². The van der Waals surface area contributed by atoms with E-state index in [0.29, 0.717) is 11.2 Å². The van der Waals surface area contributed by atoms with Crippen LogP contribution in [0.3, 0.4) is 0 Å². The van der Waals surface area contributed by atoms with Gasteiger partial charge in [0.05, 0.1) is 6.54 Å². The summed E-state index contributed by atoms with van der Waals surface area (Å²) in [7, 11) is 0. The van der Waals surface area contributed by atoms with Crippen LogP contribution in [0.4, 0.5) is 4.39 Å². The molecule has 0 aliphatic carbocycles. The summed E-state index contributed by atoms with van der Waals surface area (Å²) in [4.78, 5) is 4.48. The molecule has 1 aliphatic rings. The van der Waals surface area contributed by atoms with Crippen LogP contribution in [-0.4, -0.2) is 23.5 Å². The van der Waals surface area contributed by atoms with Crippen molar-refractivity contribution in [3.05, 3.63) is 35.6 Å². The second-order valence-electron chi connectivity index (χ2n) is 4.85. The third kappa shape index (κ3) is 3.73. The number of aliphatic imine (C=N–C) groups is 1. The fraction of sp³-hybridized carbons (Fsp3) is 0.500. The second kappa shape index (κ2) is 6.23. The molecule has 4 heteroatoms. The fourth-order valence-electron chi connectivity index (χ4n) is 1.84. The summed E-state index contributed by atoms with van der Waals surface area (Å²) < 4.78 is 13.0. The molecule has 2 rings (SSSR count). The van der Waals surface area contributed by atoms with Crippen molar-refractivity contribution in [2.24, 2.45) is 10.9 Å². The average Bonchev–Trinajstić information content (AvgIpc) is 2.78. The molecule has 1 heterocycles. The van der Waals surface area contributed by atoms with E-state index in [1.165, 1.54) is 6.07 Å². The van der Waals surface area contributed by atoms with Gasteiger partial charge in [-0.15, -0.1) is 0 Å². The van der Waals surface area contributed by atoms with Crippen molar-refractivity contribution in [1.82, 2.24) is 5.32 Å². The number of amidine groups is 1. The molecule has 1 aliphatic heterocycles. The molecule has 0 saturated heterocycles. The van der Waals surface area contributed by atoms with Crippen molar-refractivity contribution in [1.29, 1.82) is 0 Å². The van der Waals surface area contributed by atoms with Crippen molar-refractivity contribution in [2.45, 2.75) is 25.5 Å². The molecule has 2 nitrogen and oxygen atoms in total. The highest BCUT2D eigenvalue weighted by molar-refractivity contribution is 8.14. The molecule has 98 valence electrons. The molecule has 1 aromatic rings. The highest BCUT2D eigenvalue weighted by Crippen LogP contribution is 2.25. The zero-order chi connectivity index (χ0) is 13.0. The van der Waals surface area contributed by atoms with Gasteiger partial charge < -0.3 is 5.32 Å². The number of nitrogens with one attached hydrogen (secondary N) is 1. The lowest BCUT2D eigenvalue weighted by atomic mass is 10.1. The Hall–Kier alpha value is -1.03. The van der Waals surface area contributed by atoms with Crippen LogP contribution < -0.4 is 5.32 Å². The van der Waals surface area contributed by atoms with Gasteiger partial charge in [0.2, 0.25) is 0 Å². The molecule has 0 saturated carbocycles. The lowest BCUT2D eigenvalue weighted by molar-refractivity contribution is 0.621. The van der Waals surface area contributed by atoms with Crippen molar-refractivity contribution in [3.63, 3.8) is 0 Å². The van der Waals surface area contributed by atoms with Crippen LogP contribution in [0, 0.1) is 11.7 Å². The largest absolute Gasteiger partial charge is 0.365 e. The number of halogens is 1. The fourth-order valence-corrected chi connectivity index (χ4v) is 2.88. The molecular weight excluding hydrogens is 247 g/mol. The van der Waals surface area contributed by atoms with Crippen LogP contribution in [0.2, 0.25) is 0 Å². The Bertz CT molecular complexity index is 432. The van der Waals surface area contributed by atoms with E-state index in [4.69, 9.17) is 0 Å². The highest BCUT2D eigenvalue weighted by atomic mass is 32.2. The predicted octanol–water partition coefficient (Wildman–Crippen LogP) is 3.09. The molecule has 0 radical (unpaired) electrons. The molecule has 1 N–H and O–H groups in total. The Morgan fingerprint density at radius 3 is 3.00 bits per heavy atom. The van der Waals surface area contributed by atoms with Crippen LogP contribution in [-0.2, 0) is 6.42 Å². The zero-order valence-corrected chi connectivity index (χ0v) is 11.6. The van der Waals surface area contributed by atoms with Crippen LogP contribution >= 0.6 is 11.8 Å². The van der Waals surface area contributed by atoms with Gasteiger partial charge in [0, 0.05) is 11.8 Å². The Kier molecular flexibility index (Phi) is 4.64. The van der Waals surface area contributed by atoms with Crippen LogP contribution in [0.1, 0.15) is 19.4 Å². The lowest BCUT2D eigenvalue weighted by Gasteiger charge is -2.12. The number of hydrogen-bond donors (Lipinski definition) is 1. The van der Waals surface area contributed by atoms with E-state index in [-0.39, 0.29) is 5.82 Å². The number of nitrogens with zero attached hydrogens (tertiary/aromatic N) is 1. The van der Waals surface area contributed by atoms with Gasteiger partial charge in [-0.2, -0.15) is 0 Å². The van der Waals surface area contributed by atoms with Gasteiger partial charge in [0.1, 0.15) is 5.82 Å². The monoisotopic (exact) mass is 266 g/mol. The summed E-state index contributed by atoms with van der Waals surface area (Å²) in [5.41, 5.74) is 1.02. The maximum atomic E-state index is 13.0. The maximum absolute atomic E-state index is 13.0. The lowest BCUT2D eigenvalue weighted by Crippen LogP contribution is -2.23. The van der Waals surface area contributed by atoms with E-state index in [1.54, 1.807) is 12.1 Å². The molecule has 1 atom stereocenters. The molecule has 0 aromatic heterocycles. The van der Waals surface area contributed by atoms with Crippen LogP contribution in [0.15, 0.2) is 29.3 Å². The molecule has 0 bridgehead atoms. The SMILES string of the molecule is CC(C)C1CN=C(NCCc2cccc(F)c2)S1. The molecule has 1 aromatic carbocycles. The van der Waals surface area contributed by atoms with E-state index < -0.39 is 0 Å². The summed E-state index contributed by atoms with van der Waals surface area (Å²) in [6.45, 7) is 6.16. The van der Waals surface area contributed by atoms with Gasteiger partial charge >= 0.3 is 0 Å². The van der Waals surface area contributed by atoms with E-state index in [9.17, 15) is 4.39 Å². The second-order valence-corrected chi connectivity index (χ2v) is 6.08. The summed E-state index contributed by atoms with van der Waals surface area (Å²) in [6.07, 6.45) is 0.823. The first-order valence-corrected chi connectivity index (χ1v) is 7.22. The van der Waals surface area contributed by atoms with Crippen molar-refractivity contribution >= 4 is 16.9 Å². The third-order valence-electron chi connectivity index (χ3n) is 3.00. The van der Waals surface area contributed by atoms with Crippen molar-refractivity contribution in [3.8, 4) is 0 Å². The summed E-state index contributed by atoms with van der Waals surface area (Å²) in [6, 6.07) is 6.76. The minimum Gasteiger partial charge on any atom is -0.365 e. The first kappa shape index (κ1) is 13.4. The molecule has 0 fully saturated rings. The molecule has 18 heavy (non-hydrogen) atoms. The minimum atomic E-state index is -0.167. The topological polar surface area (TPSA) is 24.4 Å². The standard InChI is InChI=1S/C14H19FN2S/c1-10(2)13-9-17-14(18-13)16-7-6-11-4-3-5-12(15)8-11/h3-5,8,10,13H,6-7,9H2,1-2H3,(H,16,17). The van der Waals surface area contributed by atoms with E-state index in [1.807, 2.05) is 17.8 Å². The highest BCUT2D eigenvalue weighted by Gasteiger charge is 2.21. The van der Waals surface area contributed by atoms with Gasteiger partial charge in [-0.25, -0.2) is 4.39 Å². The number of benzene rings is 1. The van der Waals surface area contributed by atoms with Crippen molar-refractivity contribution < 1.29 is 4.39 Å². The number of rotatable bonds is 4. The zero-order valence-electron chi connectivity index (χ0n) is 10.8.